The Labute approximate surface area is 242 Å². The minimum atomic E-state index is -4.78. The highest BCUT2D eigenvalue weighted by Gasteiger charge is 2.38. The van der Waals surface area contributed by atoms with Gasteiger partial charge in [0.1, 0.15) is 6.54 Å². The van der Waals surface area contributed by atoms with Gasteiger partial charge in [-0.15, -0.1) is 0 Å². The van der Waals surface area contributed by atoms with Crippen molar-refractivity contribution in [2.24, 2.45) is 11.5 Å². The Bertz CT molecular complexity index is 1570. The van der Waals surface area contributed by atoms with Crippen molar-refractivity contribution in [3.63, 3.8) is 0 Å². The molecule has 0 atom stereocenters. The molecule has 230 valence electrons. The molecule has 43 heavy (non-hydrogen) atoms. The molecule has 7 N–H and O–H groups in total. The molecule has 0 bridgehead atoms. The molecule has 3 aromatic heterocycles. The van der Waals surface area contributed by atoms with E-state index in [2.05, 4.69) is 25.7 Å². The molecule has 0 aliphatic rings. The zero-order valence-electron chi connectivity index (χ0n) is 23.0. The maximum absolute atomic E-state index is 13.8. The molecular weight excluding hydrogens is 575 g/mol. The summed E-state index contributed by atoms with van der Waals surface area (Å²) >= 11 is 0. The predicted octanol–water partition coefficient (Wildman–Crippen LogP) is 1.81. The van der Waals surface area contributed by atoms with Gasteiger partial charge in [0.2, 0.25) is 5.91 Å². The zero-order valence-corrected chi connectivity index (χ0v) is 23.0. The smallest absolute Gasteiger partial charge is 0.435 e. The number of nitrogens with one attached hydrogen (secondary N) is 2. The number of aryl methyl sites for hydroxylation is 1. The van der Waals surface area contributed by atoms with E-state index < -0.39 is 24.3 Å². The summed E-state index contributed by atoms with van der Waals surface area (Å²) in [6.45, 7) is 2.66. The van der Waals surface area contributed by atoms with Crippen LogP contribution in [0.15, 0.2) is 43.0 Å². The van der Waals surface area contributed by atoms with Gasteiger partial charge in [0.05, 0.1) is 30.7 Å². The van der Waals surface area contributed by atoms with Gasteiger partial charge in [0, 0.05) is 42.9 Å². The van der Waals surface area contributed by atoms with E-state index in [0.717, 1.165) is 16.4 Å². The predicted molar refractivity (Wildman–Crippen MR) is 148 cm³/mol. The van der Waals surface area contributed by atoms with Gasteiger partial charge in [-0.25, -0.2) is 9.97 Å². The lowest BCUT2D eigenvalue weighted by Gasteiger charge is -2.13. The number of carbonyl (C=O) groups is 3. The van der Waals surface area contributed by atoms with Crippen LogP contribution < -0.4 is 22.1 Å². The molecule has 0 fully saturated rings. The maximum Gasteiger partial charge on any atom is 0.435 e. The molecule has 2 amide bonds. The van der Waals surface area contributed by atoms with Gasteiger partial charge in [-0.3, -0.25) is 23.5 Å². The number of rotatable bonds is 12. The van der Waals surface area contributed by atoms with Gasteiger partial charge >= 0.3 is 6.18 Å². The number of alkyl halides is 3. The van der Waals surface area contributed by atoms with Gasteiger partial charge in [0.25, 0.3) is 12.4 Å². The third-order valence-corrected chi connectivity index (χ3v) is 5.84. The summed E-state index contributed by atoms with van der Waals surface area (Å²) in [6, 6.07) is 5.17. The van der Waals surface area contributed by atoms with E-state index in [1.54, 1.807) is 18.2 Å². The summed E-state index contributed by atoms with van der Waals surface area (Å²) in [6.07, 6.45) is 1.05. The molecule has 3 heterocycles. The highest BCUT2D eigenvalue weighted by molar-refractivity contribution is 5.96. The number of fused-ring (bicyclic) bond motifs is 1. The van der Waals surface area contributed by atoms with Crippen molar-refractivity contribution in [2.45, 2.75) is 26.1 Å². The number of hydrogen-bond donors (Lipinski definition) is 5. The topological polar surface area (TPSA) is 205 Å². The molecule has 1 aromatic carbocycles. The van der Waals surface area contributed by atoms with E-state index in [0.29, 0.717) is 44.0 Å². The Kier molecular flexibility index (Phi) is 11.1. The third kappa shape index (κ3) is 8.26. The normalized spacial score (nSPS) is 11.1. The number of ether oxygens (including phenoxy) is 1. The molecule has 0 saturated heterocycles. The lowest BCUT2D eigenvalue weighted by Crippen LogP contribution is -2.28. The van der Waals surface area contributed by atoms with Crippen LogP contribution in [0.25, 0.3) is 16.9 Å². The molecule has 0 aliphatic carbocycles. The number of carboxylic acid groups (broad SMARTS) is 1. The van der Waals surface area contributed by atoms with Gasteiger partial charge in [-0.1, -0.05) is 6.92 Å². The Morgan fingerprint density at radius 2 is 1.95 bits per heavy atom. The van der Waals surface area contributed by atoms with E-state index in [1.807, 2.05) is 6.92 Å². The SMILES string of the molecule is CCc1cc(Nc2nccn3c(-c4cn(CC(N)=O)nc4C(F)(F)F)cnc23)ccc1C(=O)NCCOCCN.O=CO. The van der Waals surface area contributed by atoms with E-state index in [4.69, 9.17) is 26.1 Å². The number of primary amides is 1. The van der Waals surface area contributed by atoms with Crippen LogP contribution in [0, 0.1) is 0 Å². The number of benzene rings is 1. The highest BCUT2D eigenvalue weighted by atomic mass is 19.4. The van der Waals surface area contributed by atoms with Crippen LogP contribution in [-0.4, -0.2) is 73.8 Å². The quantitative estimate of drug-likeness (QED) is 0.117. The number of carbonyl (C=O) groups excluding carboxylic acids is 2. The van der Waals surface area contributed by atoms with E-state index >= 15 is 0 Å². The molecule has 4 aromatic rings. The molecule has 14 nitrogen and oxygen atoms in total. The number of halogens is 3. The average molecular weight is 606 g/mol. The standard InChI is InChI=1S/C25H28F3N9O3.CH2O2/c1-2-15-11-16(3-4-17(15)24(39)32-7-10-40-9-5-29)34-22-23-33-12-19(37(23)8-6-31-22)18-13-36(14-20(30)38)35-21(18)25(26,27)28;2-1-3/h3-4,6,8,11-13H,2,5,7,9-10,14,29H2,1H3,(H2,30,38)(H,31,34)(H,32,39);1H,(H,2,3). The first-order valence-corrected chi connectivity index (χ1v) is 12.8. The van der Waals surface area contributed by atoms with Crippen LogP contribution in [0.2, 0.25) is 0 Å². The van der Waals surface area contributed by atoms with Crippen molar-refractivity contribution in [1.82, 2.24) is 29.5 Å². The molecule has 0 saturated carbocycles. The fourth-order valence-corrected chi connectivity index (χ4v) is 4.11. The lowest BCUT2D eigenvalue weighted by atomic mass is 10.0. The van der Waals surface area contributed by atoms with Gasteiger partial charge in [-0.2, -0.15) is 18.3 Å². The first kappa shape index (κ1) is 32.5. The van der Waals surface area contributed by atoms with Crippen LogP contribution in [0.4, 0.5) is 24.7 Å². The minimum absolute atomic E-state index is 0.0974. The van der Waals surface area contributed by atoms with Crippen LogP contribution in [0.1, 0.15) is 28.5 Å². The average Bonchev–Trinajstić information content (AvgIpc) is 3.57. The fourth-order valence-electron chi connectivity index (χ4n) is 4.11. The van der Waals surface area contributed by atoms with E-state index in [1.165, 1.54) is 23.0 Å². The van der Waals surface area contributed by atoms with Crippen LogP contribution in [0.5, 0.6) is 0 Å². The Morgan fingerprint density at radius 1 is 1.21 bits per heavy atom. The van der Waals surface area contributed by atoms with E-state index in [9.17, 15) is 22.8 Å². The monoisotopic (exact) mass is 605 g/mol. The van der Waals surface area contributed by atoms with Gasteiger partial charge in [-0.05, 0) is 30.2 Å². The van der Waals surface area contributed by atoms with Gasteiger partial charge < -0.3 is 31.9 Å². The minimum Gasteiger partial charge on any atom is -0.483 e. The second-order valence-corrected chi connectivity index (χ2v) is 8.78. The van der Waals surface area contributed by atoms with Crippen molar-refractivity contribution < 1.29 is 37.4 Å². The molecule has 0 spiro atoms. The molecule has 4 rings (SSSR count). The van der Waals surface area contributed by atoms with Crippen LogP contribution in [-0.2, 0) is 33.5 Å². The van der Waals surface area contributed by atoms with Crippen molar-refractivity contribution >= 4 is 35.4 Å². The number of aromatic nitrogens is 5. The molecular formula is C26H30F3N9O5. The summed E-state index contributed by atoms with van der Waals surface area (Å²) in [5, 5.41) is 16.4. The second kappa shape index (κ2) is 14.7. The summed E-state index contributed by atoms with van der Waals surface area (Å²) in [5.41, 5.74) is 11.3. The van der Waals surface area contributed by atoms with Gasteiger partial charge in [0.15, 0.2) is 17.2 Å². The highest BCUT2D eigenvalue weighted by Crippen LogP contribution is 2.37. The number of imidazole rings is 1. The molecule has 0 aliphatic heterocycles. The van der Waals surface area contributed by atoms with Crippen LogP contribution >= 0.6 is 0 Å². The largest absolute Gasteiger partial charge is 0.483 e. The summed E-state index contributed by atoms with van der Waals surface area (Å²) < 4.78 is 48.8. The number of nitrogens with zero attached hydrogens (tertiary/aromatic N) is 5. The Balaban J connectivity index is 0.00000162. The maximum atomic E-state index is 13.8. The fraction of sp³-hybridized carbons (Fsp3) is 0.308. The molecule has 0 unspecified atom stereocenters. The Morgan fingerprint density at radius 3 is 2.60 bits per heavy atom. The first-order chi connectivity index (χ1) is 20.5. The number of nitrogens with two attached hydrogens (primary N) is 2. The summed E-state index contributed by atoms with van der Waals surface area (Å²) in [7, 11) is 0. The zero-order chi connectivity index (χ0) is 31.6. The summed E-state index contributed by atoms with van der Waals surface area (Å²) in [4.78, 5) is 40.9. The lowest BCUT2D eigenvalue weighted by molar-refractivity contribution is -0.141. The number of amides is 2. The molecule has 0 radical (unpaired) electrons. The van der Waals surface area contributed by atoms with Crippen molar-refractivity contribution in [3.05, 3.63) is 59.8 Å². The third-order valence-electron chi connectivity index (χ3n) is 5.84. The first-order valence-electron chi connectivity index (χ1n) is 12.8. The number of anilines is 2. The van der Waals surface area contributed by atoms with Crippen molar-refractivity contribution in [3.8, 4) is 11.3 Å². The number of hydrogen-bond acceptors (Lipinski definition) is 9. The second-order valence-electron chi connectivity index (χ2n) is 8.78. The van der Waals surface area contributed by atoms with Crippen molar-refractivity contribution in [1.29, 1.82) is 0 Å². The van der Waals surface area contributed by atoms with Crippen LogP contribution in [0.3, 0.4) is 0 Å². The van der Waals surface area contributed by atoms with Crippen molar-refractivity contribution in [2.75, 3.05) is 31.6 Å². The van der Waals surface area contributed by atoms with E-state index in [-0.39, 0.29) is 35.1 Å². The Hall–Kier alpha value is -5.03. The molecule has 17 heteroatoms. The summed E-state index contributed by atoms with van der Waals surface area (Å²) in [5.74, 6) is -0.790.